The number of aryl methyl sites for hydroxylation is 2. The minimum atomic E-state index is 0.521. The molecular formula is C11H16N4O2S. The van der Waals surface area contributed by atoms with Crippen molar-refractivity contribution >= 4 is 16.7 Å². The van der Waals surface area contributed by atoms with Crippen LogP contribution in [-0.2, 0) is 17.7 Å². The summed E-state index contributed by atoms with van der Waals surface area (Å²) >= 11 is 1.33. The molecule has 98 valence electrons. The van der Waals surface area contributed by atoms with Gasteiger partial charge in [0.15, 0.2) is 0 Å². The van der Waals surface area contributed by atoms with Crippen molar-refractivity contribution in [2.45, 2.75) is 26.8 Å². The molecule has 0 fully saturated rings. The molecule has 2 heterocycles. The van der Waals surface area contributed by atoms with Crippen molar-refractivity contribution < 1.29 is 9.15 Å². The van der Waals surface area contributed by atoms with Gasteiger partial charge in [0, 0.05) is 25.1 Å². The summed E-state index contributed by atoms with van der Waals surface area (Å²) in [7, 11) is 1.67. The minimum absolute atomic E-state index is 0.521. The van der Waals surface area contributed by atoms with Gasteiger partial charge < -0.3 is 14.5 Å². The number of anilines is 1. The first kappa shape index (κ1) is 13.0. The summed E-state index contributed by atoms with van der Waals surface area (Å²) in [6.45, 7) is 4.98. The molecule has 0 spiro atoms. The zero-order valence-corrected chi connectivity index (χ0v) is 11.5. The summed E-state index contributed by atoms with van der Waals surface area (Å²) in [6, 6.07) is 0. The zero-order chi connectivity index (χ0) is 13.0. The lowest BCUT2D eigenvalue weighted by Gasteiger charge is -1.96. The van der Waals surface area contributed by atoms with Crippen molar-refractivity contribution in [3.8, 4) is 0 Å². The van der Waals surface area contributed by atoms with Crippen LogP contribution in [-0.4, -0.2) is 28.1 Å². The first-order valence-electron chi connectivity index (χ1n) is 5.67. The lowest BCUT2D eigenvalue weighted by Crippen LogP contribution is -2.00. The van der Waals surface area contributed by atoms with E-state index in [0.717, 1.165) is 28.8 Å². The Morgan fingerprint density at radius 1 is 1.33 bits per heavy atom. The summed E-state index contributed by atoms with van der Waals surface area (Å²) in [5.74, 6) is 2.31. The number of hydrogen-bond donors (Lipinski definition) is 1. The molecule has 0 atom stereocenters. The van der Waals surface area contributed by atoms with Crippen LogP contribution in [0.2, 0.25) is 0 Å². The molecule has 18 heavy (non-hydrogen) atoms. The highest BCUT2D eigenvalue weighted by atomic mass is 32.1. The number of hydrogen-bond acceptors (Lipinski definition) is 7. The van der Waals surface area contributed by atoms with Crippen molar-refractivity contribution in [1.29, 1.82) is 0 Å². The number of oxazole rings is 1. The Hall–Kier alpha value is -1.47. The van der Waals surface area contributed by atoms with Gasteiger partial charge in [-0.2, -0.15) is 4.37 Å². The lowest BCUT2D eigenvalue weighted by atomic mass is 10.4. The first-order chi connectivity index (χ1) is 8.69. The number of nitrogens with one attached hydrogen (secondary N) is 1. The standard InChI is InChI=1S/C11H16N4O2S/c1-7-8(2)17-10(13-7)6-12-11-14-9(15-18-11)4-5-16-3/h4-6H2,1-3H3,(H,12,14,15). The molecule has 0 radical (unpaired) electrons. The molecule has 6 nitrogen and oxygen atoms in total. The molecule has 0 amide bonds. The van der Waals surface area contributed by atoms with Crippen molar-refractivity contribution in [3.63, 3.8) is 0 Å². The highest BCUT2D eigenvalue weighted by molar-refractivity contribution is 7.09. The number of aromatic nitrogens is 3. The maximum Gasteiger partial charge on any atom is 0.214 e. The van der Waals surface area contributed by atoms with E-state index in [1.165, 1.54) is 11.5 Å². The third-order valence-electron chi connectivity index (χ3n) is 2.46. The Labute approximate surface area is 110 Å². The topological polar surface area (TPSA) is 73.1 Å². The summed E-state index contributed by atoms with van der Waals surface area (Å²) in [6.07, 6.45) is 0.728. The van der Waals surface area contributed by atoms with Crippen LogP contribution in [0.3, 0.4) is 0 Å². The SMILES string of the molecule is COCCc1nsc(NCc2nc(C)c(C)o2)n1. The predicted molar refractivity (Wildman–Crippen MR) is 68.8 cm³/mol. The van der Waals surface area contributed by atoms with Gasteiger partial charge in [-0.25, -0.2) is 9.97 Å². The number of ether oxygens (including phenoxy) is 1. The van der Waals surface area contributed by atoms with Crippen LogP contribution in [0.25, 0.3) is 0 Å². The molecule has 0 saturated carbocycles. The van der Waals surface area contributed by atoms with Gasteiger partial charge in [0.1, 0.15) is 11.6 Å². The minimum Gasteiger partial charge on any atom is -0.444 e. The smallest absolute Gasteiger partial charge is 0.214 e. The number of methoxy groups -OCH3 is 1. The van der Waals surface area contributed by atoms with E-state index in [0.29, 0.717) is 19.0 Å². The Balaban J connectivity index is 1.88. The first-order valence-corrected chi connectivity index (χ1v) is 6.44. The van der Waals surface area contributed by atoms with Gasteiger partial charge in [-0.15, -0.1) is 0 Å². The van der Waals surface area contributed by atoms with E-state index in [9.17, 15) is 0 Å². The number of rotatable bonds is 6. The van der Waals surface area contributed by atoms with Gasteiger partial charge in [-0.05, 0) is 13.8 Å². The molecule has 0 aliphatic heterocycles. The number of nitrogens with zero attached hydrogens (tertiary/aromatic N) is 3. The van der Waals surface area contributed by atoms with Crippen molar-refractivity contribution in [2.75, 3.05) is 19.0 Å². The molecule has 2 rings (SSSR count). The molecule has 0 aromatic carbocycles. The molecule has 0 aliphatic rings. The van der Waals surface area contributed by atoms with E-state index in [2.05, 4.69) is 19.7 Å². The molecule has 2 aromatic rings. The third kappa shape index (κ3) is 3.27. The Morgan fingerprint density at radius 2 is 2.17 bits per heavy atom. The van der Waals surface area contributed by atoms with Gasteiger partial charge in [0.05, 0.1) is 18.8 Å². The average molecular weight is 268 g/mol. The van der Waals surface area contributed by atoms with Gasteiger partial charge in [0.25, 0.3) is 0 Å². The fourth-order valence-electron chi connectivity index (χ4n) is 1.39. The normalized spacial score (nSPS) is 10.8. The maximum atomic E-state index is 5.47. The van der Waals surface area contributed by atoms with Gasteiger partial charge in [0.2, 0.25) is 11.0 Å². The summed E-state index contributed by atoms with van der Waals surface area (Å²) in [4.78, 5) is 8.63. The molecule has 1 N–H and O–H groups in total. The van der Waals surface area contributed by atoms with Gasteiger partial charge in [-0.3, -0.25) is 0 Å². The Morgan fingerprint density at radius 3 is 2.83 bits per heavy atom. The van der Waals surface area contributed by atoms with E-state index < -0.39 is 0 Å². The maximum absolute atomic E-state index is 5.47. The van der Waals surface area contributed by atoms with E-state index >= 15 is 0 Å². The van der Waals surface area contributed by atoms with Crippen LogP contribution in [0.5, 0.6) is 0 Å². The van der Waals surface area contributed by atoms with Crippen LogP contribution < -0.4 is 5.32 Å². The molecule has 0 unspecified atom stereocenters. The van der Waals surface area contributed by atoms with Crippen LogP contribution in [0.1, 0.15) is 23.2 Å². The fraction of sp³-hybridized carbons (Fsp3) is 0.545. The van der Waals surface area contributed by atoms with Crippen LogP contribution >= 0.6 is 11.5 Å². The quantitative estimate of drug-likeness (QED) is 0.863. The molecule has 0 bridgehead atoms. The van der Waals surface area contributed by atoms with E-state index in [1.54, 1.807) is 7.11 Å². The average Bonchev–Trinajstić information content (AvgIpc) is 2.92. The lowest BCUT2D eigenvalue weighted by molar-refractivity contribution is 0.201. The molecular weight excluding hydrogens is 252 g/mol. The van der Waals surface area contributed by atoms with E-state index in [1.807, 2.05) is 13.8 Å². The molecule has 0 saturated heterocycles. The second kappa shape index (κ2) is 5.92. The summed E-state index contributed by atoms with van der Waals surface area (Å²) in [5, 5.41) is 3.92. The Bertz CT molecular complexity index is 489. The third-order valence-corrected chi connectivity index (χ3v) is 3.17. The largest absolute Gasteiger partial charge is 0.444 e. The monoisotopic (exact) mass is 268 g/mol. The predicted octanol–water partition coefficient (Wildman–Crippen LogP) is 1.94. The van der Waals surface area contributed by atoms with E-state index in [-0.39, 0.29) is 0 Å². The fourth-order valence-corrected chi connectivity index (χ4v) is 1.99. The molecule has 2 aromatic heterocycles. The highest BCUT2D eigenvalue weighted by Crippen LogP contribution is 2.14. The summed E-state index contributed by atoms with van der Waals surface area (Å²) < 4.78 is 14.7. The molecule has 0 aliphatic carbocycles. The Kier molecular flexibility index (Phi) is 4.27. The zero-order valence-electron chi connectivity index (χ0n) is 10.7. The second-order valence-electron chi connectivity index (χ2n) is 3.86. The van der Waals surface area contributed by atoms with Crippen LogP contribution in [0.15, 0.2) is 4.42 Å². The van der Waals surface area contributed by atoms with Crippen LogP contribution in [0, 0.1) is 13.8 Å². The van der Waals surface area contributed by atoms with Crippen molar-refractivity contribution in [3.05, 3.63) is 23.2 Å². The highest BCUT2D eigenvalue weighted by Gasteiger charge is 2.07. The van der Waals surface area contributed by atoms with Crippen molar-refractivity contribution in [2.24, 2.45) is 0 Å². The van der Waals surface area contributed by atoms with Gasteiger partial charge in [-0.1, -0.05) is 0 Å². The van der Waals surface area contributed by atoms with Gasteiger partial charge >= 0.3 is 0 Å². The van der Waals surface area contributed by atoms with Crippen molar-refractivity contribution in [1.82, 2.24) is 14.3 Å². The second-order valence-corrected chi connectivity index (χ2v) is 4.61. The van der Waals surface area contributed by atoms with Crippen LogP contribution in [0.4, 0.5) is 5.13 Å². The molecule has 7 heteroatoms. The van der Waals surface area contributed by atoms with E-state index in [4.69, 9.17) is 9.15 Å². The summed E-state index contributed by atoms with van der Waals surface area (Å²) in [5.41, 5.74) is 0.921.